The van der Waals surface area contributed by atoms with Gasteiger partial charge in [0.25, 0.3) is 0 Å². The van der Waals surface area contributed by atoms with Crippen LogP contribution in [0.3, 0.4) is 0 Å². The van der Waals surface area contributed by atoms with Crippen LogP contribution in [-0.4, -0.2) is 70.8 Å². The van der Waals surface area contributed by atoms with Crippen molar-refractivity contribution in [1.82, 2.24) is 19.7 Å². The summed E-state index contributed by atoms with van der Waals surface area (Å²) in [7, 11) is 3.62. The molecule has 2 N–H and O–H groups in total. The molecule has 0 bridgehead atoms. The largest absolute Gasteiger partial charge is 0.497 e. The fraction of sp³-hybridized carbons (Fsp3) is 0.583. The minimum atomic E-state index is -0.406. The number of aryl methyl sites for hydroxylation is 1. The van der Waals surface area contributed by atoms with E-state index in [1.807, 2.05) is 49.8 Å². The monoisotopic (exact) mass is 442 g/mol. The lowest BCUT2D eigenvalue weighted by Crippen LogP contribution is -2.69. The molecule has 0 saturated carbocycles. The zero-order valence-electron chi connectivity index (χ0n) is 19.6. The predicted octanol–water partition coefficient (Wildman–Crippen LogP) is 2.53. The maximum atomic E-state index is 13.1. The number of hydrogen-bond acceptors (Lipinski definition) is 4. The molecule has 2 aliphatic heterocycles. The number of nitrogens with zero attached hydrogens (tertiary/aromatic N) is 3. The van der Waals surface area contributed by atoms with Crippen LogP contribution in [0.15, 0.2) is 18.2 Å². The van der Waals surface area contributed by atoms with Crippen LogP contribution in [0.5, 0.6) is 5.75 Å². The van der Waals surface area contributed by atoms with Crippen LogP contribution >= 0.6 is 0 Å². The van der Waals surface area contributed by atoms with E-state index in [9.17, 15) is 14.7 Å². The number of fused-ring (bicyclic) bond motifs is 4. The highest BCUT2D eigenvalue weighted by molar-refractivity contribution is 5.90. The molecule has 32 heavy (non-hydrogen) atoms. The summed E-state index contributed by atoms with van der Waals surface area (Å²) < 4.78 is 7.52. The lowest BCUT2D eigenvalue weighted by molar-refractivity contribution is -0.138. The Morgan fingerprint density at radius 1 is 1.28 bits per heavy atom. The Hall–Kier alpha value is -2.74. The van der Waals surface area contributed by atoms with Crippen molar-refractivity contribution in [2.24, 2.45) is 7.05 Å². The molecular weight excluding hydrogens is 408 g/mol. The van der Waals surface area contributed by atoms with Gasteiger partial charge in [-0.15, -0.1) is 0 Å². The number of hydrogen-bond donors (Lipinski definition) is 2. The molecule has 0 unspecified atom stereocenters. The zero-order valence-corrected chi connectivity index (χ0v) is 19.6. The van der Waals surface area contributed by atoms with Crippen molar-refractivity contribution in [3.63, 3.8) is 0 Å². The number of benzene rings is 1. The van der Waals surface area contributed by atoms with Gasteiger partial charge >= 0.3 is 6.03 Å². The van der Waals surface area contributed by atoms with Gasteiger partial charge in [0.15, 0.2) is 0 Å². The molecule has 1 aromatic carbocycles. The SMILES string of the molecule is CCCC(=O)N1CC2(CN(C(=O)NC(C)C)C2)c2c(n(C)c3cc(OC)ccc23)[C@@H]1CO. The number of aromatic nitrogens is 1. The number of urea groups is 1. The third-order valence-electron chi connectivity index (χ3n) is 6.79. The Kier molecular flexibility index (Phi) is 5.83. The van der Waals surface area contributed by atoms with Crippen molar-refractivity contribution in [2.75, 3.05) is 33.4 Å². The van der Waals surface area contributed by atoms with Gasteiger partial charge < -0.3 is 29.5 Å². The quantitative estimate of drug-likeness (QED) is 0.745. The molecule has 8 nitrogen and oxygen atoms in total. The van der Waals surface area contributed by atoms with Gasteiger partial charge in [-0.05, 0) is 38.0 Å². The summed E-state index contributed by atoms with van der Waals surface area (Å²) in [6.07, 6.45) is 1.19. The van der Waals surface area contributed by atoms with Crippen molar-refractivity contribution in [1.29, 1.82) is 0 Å². The number of nitrogens with one attached hydrogen (secondary N) is 1. The van der Waals surface area contributed by atoms with Gasteiger partial charge in [-0.25, -0.2) is 4.79 Å². The molecule has 1 fully saturated rings. The van der Waals surface area contributed by atoms with E-state index in [-0.39, 0.29) is 30.0 Å². The molecule has 1 spiro atoms. The number of aliphatic hydroxyl groups excluding tert-OH is 1. The second-order valence-corrected chi connectivity index (χ2v) is 9.41. The molecule has 8 heteroatoms. The maximum absolute atomic E-state index is 13.1. The fourth-order valence-electron chi connectivity index (χ4n) is 5.40. The summed E-state index contributed by atoms with van der Waals surface area (Å²) in [4.78, 5) is 29.4. The molecule has 3 amide bonds. The first-order valence-electron chi connectivity index (χ1n) is 11.4. The number of carbonyl (C=O) groups is 2. The molecule has 0 aliphatic carbocycles. The number of likely N-dealkylation sites (tertiary alicyclic amines) is 1. The van der Waals surface area contributed by atoms with Crippen LogP contribution in [0, 0.1) is 0 Å². The first kappa shape index (κ1) is 22.5. The number of carbonyl (C=O) groups excluding carboxylic acids is 2. The Bertz CT molecular complexity index is 1040. The summed E-state index contributed by atoms with van der Waals surface area (Å²) in [5.41, 5.74) is 2.75. The third kappa shape index (κ3) is 3.41. The van der Waals surface area contributed by atoms with Gasteiger partial charge in [-0.2, -0.15) is 0 Å². The smallest absolute Gasteiger partial charge is 0.317 e. The molecule has 4 rings (SSSR count). The van der Waals surface area contributed by atoms with E-state index in [0.29, 0.717) is 26.1 Å². The van der Waals surface area contributed by atoms with Crippen molar-refractivity contribution < 1.29 is 19.4 Å². The molecule has 1 atom stereocenters. The second kappa shape index (κ2) is 8.31. The van der Waals surface area contributed by atoms with Gasteiger partial charge in [0.05, 0.1) is 30.7 Å². The van der Waals surface area contributed by atoms with Crippen LogP contribution in [-0.2, 0) is 17.3 Å². The Morgan fingerprint density at radius 3 is 2.59 bits per heavy atom. The summed E-state index contributed by atoms with van der Waals surface area (Å²) in [5, 5.41) is 14.4. The number of rotatable bonds is 5. The predicted molar refractivity (Wildman–Crippen MR) is 123 cm³/mol. The fourth-order valence-corrected chi connectivity index (χ4v) is 5.40. The van der Waals surface area contributed by atoms with E-state index in [4.69, 9.17) is 4.74 Å². The second-order valence-electron chi connectivity index (χ2n) is 9.41. The maximum Gasteiger partial charge on any atom is 0.317 e. The average molecular weight is 443 g/mol. The zero-order chi connectivity index (χ0) is 23.2. The minimum absolute atomic E-state index is 0.0458. The van der Waals surface area contributed by atoms with Crippen LogP contribution in [0.4, 0.5) is 4.79 Å². The first-order chi connectivity index (χ1) is 15.3. The molecule has 174 valence electrons. The molecule has 1 aromatic heterocycles. The van der Waals surface area contributed by atoms with Crippen molar-refractivity contribution in [2.45, 2.75) is 51.1 Å². The van der Waals surface area contributed by atoms with E-state index in [1.165, 1.54) is 0 Å². The highest BCUT2D eigenvalue weighted by Gasteiger charge is 2.55. The third-order valence-corrected chi connectivity index (χ3v) is 6.79. The van der Waals surface area contributed by atoms with Gasteiger partial charge in [-0.1, -0.05) is 6.92 Å². The van der Waals surface area contributed by atoms with Gasteiger partial charge in [0.1, 0.15) is 5.75 Å². The number of ether oxygens (including phenoxy) is 1. The van der Waals surface area contributed by atoms with E-state index < -0.39 is 6.04 Å². The molecule has 2 aromatic rings. The van der Waals surface area contributed by atoms with Crippen molar-refractivity contribution >= 4 is 22.8 Å². The van der Waals surface area contributed by atoms with E-state index in [1.54, 1.807) is 7.11 Å². The van der Waals surface area contributed by atoms with E-state index in [0.717, 1.165) is 34.3 Å². The first-order valence-corrected chi connectivity index (χ1v) is 11.4. The summed E-state index contributed by atoms with van der Waals surface area (Å²) in [5.74, 6) is 0.806. The van der Waals surface area contributed by atoms with Crippen LogP contribution in [0.2, 0.25) is 0 Å². The van der Waals surface area contributed by atoms with Crippen LogP contribution < -0.4 is 10.1 Å². The summed E-state index contributed by atoms with van der Waals surface area (Å²) in [6.45, 7) is 7.32. The topological polar surface area (TPSA) is 87.0 Å². The summed E-state index contributed by atoms with van der Waals surface area (Å²) >= 11 is 0. The number of aliphatic hydroxyl groups is 1. The summed E-state index contributed by atoms with van der Waals surface area (Å²) in [6, 6.07) is 5.58. The van der Waals surface area contributed by atoms with Gasteiger partial charge in [-0.3, -0.25) is 4.79 Å². The average Bonchev–Trinajstić information content (AvgIpc) is 3.03. The van der Waals surface area contributed by atoms with Crippen molar-refractivity contribution in [3.05, 3.63) is 29.5 Å². The van der Waals surface area contributed by atoms with Crippen LogP contribution in [0.25, 0.3) is 10.9 Å². The lowest BCUT2D eigenvalue weighted by atomic mass is 9.68. The van der Waals surface area contributed by atoms with E-state index in [2.05, 4.69) is 16.0 Å². The number of amides is 3. The lowest BCUT2D eigenvalue weighted by Gasteiger charge is -2.56. The molecule has 2 aliphatic rings. The number of methoxy groups -OCH3 is 1. The van der Waals surface area contributed by atoms with E-state index >= 15 is 0 Å². The minimum Gasteiger partial charge on any atom is -0.497 e. The standard InChI is InChI=1S/C24H34N4O4/c1-6-7-20(30)28-14-24(12-27(13-24)23(31)25-15(2)3)21-17-9-8-16(32-5)10-18(17)26(4)22(21)19(28)11-29/h8-10,15,19,29H,6-7,11-14H2,1-5H3,(H,25,31)/t19-/m0/s1. The van der Waals surface area contributed by atoms with Crippen molar-refractivity contribution in [3.8, 4) is 5.75 Å². The van der Waals surface area contributed by atoms with Crippen LogP contribution in [0.1, 0.15) is 50.9 Å². The highest BCUT2D eigenvalue weighted by Crippen LogP contribution is 2.49. The Labute approximate surface area is 189 Å². The van der Waals surface area contributed by atoms with Gasteiger partial charge in [0, 0.05) is 56.3 Å². The highest BCUT2D eigenvalue weighted by atomic mass is 16.5. The normalized spacial score (nSPS) is 19.3. The Balaban J connectivity index is 1.84. The molecule has 1 saturated heterocycles. The van der Waals surface area contributed by atoms with Gasteiger partial charge in [0.2, 0.25) is 5.91 Å². The Morgan fingerprint density at radius 2 is 2.00 bits per heavy atom. The molecule has 0 radical (unpaired) electrons. The molecular formula is C24H34N4O4. The molecule has 3 heterocycles.